The van der Waals surface area contributed by atoms with E-state index in [9.17, 15) is 4.79 Å². The van der Waals surface area contributed by atoms with Gasteiger partial charge in [0.2, 0.25) is 0 Å². The van der Waals surface area contributed by atoms with Gasteiger partial charge in [0.25, 0.3) is 0 Å². The summed E-state index contributed by atoms with van der Waals surface area (Å²) in [6.45, 7) is 2.28. The SMILES string of the molecule is CCO[C@@H](Cc1ccc(O)cc1)C(=O)OC. The summed E-state index contributed by atoms with van der Waals surface area (Å²) in [5.41, 5.74) is 0.918. The molecule has 16 heavy (non-hydrogen) atoms. The van der Waals surface area contributed by atoms with E-state index in [0.717, 1.165) is 5.56 Å². The van der Waals surface area contributed by atoms with E-state index in [4.69, 9.17) is 9.84 Å². The maximum atomic E-state index is 11.4. The molecule has 0 aromatic heterocycles. The molecule has 1 N–H and O–H groups in total. The highest BCUT2D eigenvalue weighted by atomic mass is 16.6. The van der Waals surface area contributed by atoms with Gasteiger partial charge in [-0.2, -0.15) is 0 Å². The largest absolute Gasteiger partial charge is 0.508 e. The maximum absolute atomic E-state index is 11.4. The average Bonchev–Trinajstić information content (AvgIpc) is 2.30. The second-order valence-electron chi connectivity index (χ2n) is 3.34. The fourth-order valence-electron chi connectivity index (χ4n) is 1.39. The Morgan fingerprint density at radius 2 is 2.00 bits per heavy atom. The summed E-state index contributed by atoms with van der Waals surface area (Å²) in [7, 11) is 1.34. The topological polar surface area (TPSA) is 55.8 Å². The van der Waals surface area contributed by atoms with E-state index < -0.39 is 6.10 Å². The quantitative estimate of drug-likeness (QED) is 0.770. The summed E-state index contributed by atoms with van der Waals surface area (Å²) in [4.78, 5) is 11.4. The average molecular weight is 224 g/mol. The van der Waals surface area contributed by atoms with Crippen LogP contribution in [-0.2, 0) is 20.7 Å². The predicted molar refractivity (Wildman–Crippen MR) is 59.2 cm³/mol. The zero-order valence-electron chi connectivity index (χ0n) is 9.47. The van der Waals surface area contributed by atoms with Gasteiger partial charge >= 0.3 is 5.97 Å². The Morgan fingerprint density at radius 1 is 1.38 bits per heavy atom. The van der Waals surface area contributed by atoms with Crippen molar-refractivity contribution >= 4 is 5.97 Å². The maximum Gasteiger partial charge on any atom is 0.335 e. The number of hydrogen-bond acceptors (Lipinski definition) is 4. The Hall–Kier alpha value is -1.55. The van der Waals surface area contributed by atoms with E-state index in [2.05, 4.69) is 4.74 Å². The second-order valence-corrected chi connectivity index (χ2v) is 3.34. The minimum Gasteiger partial charge on any atom is -0.508 e. The zero-order chi connectivity index (χ0) is 12.0. The van der Waals surface area contributed by atoms with Crippen molar-refractivity contribution in [3.05, 3.63) is 29.8 Å². The van der Waals surface area contributed by atoms with Crippen LogP contribution in [0, 0.1) is 0 Å². The number of rotatable bonds is 5. The third-order valence-corrected chi connectivity index (χ3v) is 2.19. The lowest BCUT2D eigenvalue weighted by Gasteiger charge is -2.14. The molecule has 0 aliphatic heterocycles. The lowest BCUT2D eigenvalue weighted by molar-refractivity contribution is -0.153. The fourth-order valence-corrected chi connectivity index (χ4v) is 1.39. The predicted octanol–water partition coefficient (Wildman–Crippen LogP) is 1.51. The molecule has 0 aliphatic carbocycles. The Bertz CT molecular complexity index is 331. The molecule has 0 aliphatic rings. The molecule has 0 radical (unpaired) electrons. The highest BCUT2D eigenvalue weighted by Gasteiger charge is 2.19. The first-order chi connectivity index (χ1) is 7.67. The Labute approximate surface area is 94.8 Å². The monoisotopic (exact) mass is 224 g/mol. The van der Waals surface area contributed by atoms with Crippen molar-refractivity contribution in [2.75, 3.05) is 13.7 Å². The molecular formula is C12H16O4. The molecule has 1 aromatic rings. The minimum absolute atomic E-state index is 0.203. The highest BCUT2D eigenvalue weighted by Crippen LogP contribution is 2.13. The summed E-state index contributed by atoms with van der Waals surface area (Å²) >= 11 is 0. The van der Waals surface area contributed by atoms with Crippen LogP contribution in [0.25, 0.3) is 0 Å². The lowest BCUT2D eigenvalue weighted by atomic mass is 10.1. The number of hydrogen-bond donors (Lipinski definition) is 1. The Kier molecular flexibility index (Phi) is 4.79. The fraction of sp³-hybridized carbons (Fsp3) is 0.417. The van der Waals surface area contributed by atoms with Crippen LogP contribution in [0.2, 0.25) is 0 Å². The number of carbonyl (C=O) groups excluding carboxylic acids is 1. The normalized spacial score (nSPS) is 12.1. The Morgan fingerprint density at radius 3 is 2.50 bits per heavy atom. The highest BCUT2D eigenvalue weighted by molar-refractivity contribution is 5.74. The van der Waals surface area contributed by atoms with Crippen LogP contribution in [0.3, 0.4) is 0 Å². The van der Waals surface area contributed by atoms with Crippen molar-refractivity contribution in [2.24, 2.45) is 0 Å². The second kappa shape index (κ2) is 6.12. The third-order valence-electron chi connectivity index (χ3n) is 2.19. The van der Waals surface area contributed by atoms with E-state index in [1.165, 1.54) is 7.11 Å². The molecule has 4 heteroatoms. The van der Waals surface area contributed by atoms with E-state index in [-0.39, 0.29) is 11.7 Å². The van der Waals surface area contributed by atoms with Gasteiger partial charge in [-0.05, 0) is 24.6 Å². The molecule has 88 valence electrons. The molecule has 0 heterocycles. The molecule has 4 nitrogen and oxygen atoms in total. The van der Waals surface area contributed by atoms with E-state index >= 15 is 0 Å². The number of benzene rings is 1. The molecule has 0 amide bonds. The van der Waals surface area contributed by atoms with Gasteiger partial charge in [0, 0.05) is 13.0 Å². The summed E-state index contributed by atoms with van der Waals surface area (Å²) in [5, 5.41) is 9.13. The van der Waals surface area contributed by atoms with E-state index in [1.54, 1.807) is 24.3 Å². The molecule has 0 spiro atoms. The van der Waals surface area contributed by atoms with Gasteiger partial charge in [-0.1, -0.05) is 12.1 Å². The van der Waals surface area contributed by atoms with Gasteiger partial charge in [0.1, 0.15) is 5.75 Å². The molecule has 1 atom stereocenters. The number of phenolic OH excluding ortho intramolecular Hbond substituents is 1. The molecular weight excluding hydrogens is 208 g/mol. The van der Waals surface area contributed by atoms with Gasteiger partial charge in [0.15, 0.2) is 6.10 Å². The minimum atomic E-state index is -0.584. The van der Waals surface area contributed by atoms with Gasteiger partial charge < -0.3 is 14.6 Å². The number of carbonyl (C=O) groups is 1. The first-order valence-electron chi connectivity index (χ1n) is 5.14. The smallest absolute Gasteiger partial charge is 0.335 e. The summed E-state index contributed by atoms with van der Waals surface area (Å²) in [6, 6.07) is 6.67. The van der Waals surface area contributed by atoms with Crippen LogP contribution in [0.15, 0.2) is 24.3 Å². The lowest BCUT2D eigenvalue weighted by Crippen LogP contribution is -2.27. The zero-order valence-corrected chi connectivity index (χ0v) is 9.47. The van der Waals surface area contributed by atoms with Gasteiger partial charge in [-0.15, -0.1) is 0 Å². The van der Waals surface area contributed by atoms with Gasteiger partial charge in [0.05, 0.1) is 7.11 Å². The van der Waals surface area contributed by atoms with Crippen molar-refractivity contribution in [3.63, 3.8) is 0 Å². The van der Waals surface area contributed by atoms with Gasteiger partial charge in [-0.25, -0.2) is 4.79 Å². The molecule has 0 bridgehead atoms. The first kappa shape index (κ1) is 12.5. The number of phenols is 1. The standard InChI is InChI=1S/C12H16O4/c1-3-16-11(12(14)15-2)8-9-4-6-10(13)7-5-9/h4-7,11,13H,3,8H2,1-2H3/t11-/m0/s1. The van der Waals surface area contributed by atoms with Gasteiger partial charge in [-0.3, -0.25) is 0 Å². The molecule has 0 fully saturated rings. The summed E-state index contributed by atoms with van der Waals surface area (Å²) < 4.78 is 9.94. The van der Waals surface area contributed by atoms with Crippen LogP contribution < -0.4 is 0 Å². The van der Waals surface area contributed by atoms with E-state index in [1.807, 2.05) is 6.92 Å². The van der Waals surface area contributed by atoms with Crippen LogP contribution in [0.1, 0.15) is 12.5 Å². The summed E-state index contributed by atoms with van der Waals surface area (Å²) in [5.74, 6) is -0.176. The first-order valence-corrected chi connectivity index (χ1v) is 5.14. The van der Waals surface area contributed by atoms with Crippen LogP contribution in [0.5, 0.6) is 5.75 Å². The Balaban J connectivity index is 2.67. The van der Waals surface area contributed by atoms with Crippen molar-refractivity contribution in [3.8, 4) is 5.75 Å². The van der Waals surface area contributed by atoms with Crippen LogP contribution in [-0.4, -0.2) is 30.9 Å². The molecule has 0 saturated heterocycles. The molecule has 0 unspecified atom stereocenters. The van der Waals surface area contributed by atoms with Crippen LogP contribution in [0.4, 0.5) is 0 Å². The number of aromatic hydroxyl groups is 1. The van der Waals surface area contributed by atoms with Crippen molar-refractivity contribution in [2.45, 2.75) is 19.4 Å². The summed E-state index contributed by atoms with van der Waals surface area (Å²) in [6.07, 6.45) is -0.139. The van der Waals surface area contributed by atoms with Crippen molar-refractivity contribution in [1.29, 1.82) is 0 Å². The van der Waals surface area contributed by atoms with E-state index in [0.29, 0.717) is 13.0 Å². The number of ether oxygens (including phenoxy) is 2. The van der Waals surface area contributed by atoms with Crippen molar-refractivity contribution in [1.82, 2.24) is 0 Å². The molecule has 0 saturated carbocycles. The number of esters is 1. The molecule has 1 rings (SSSR count). The molecule has 1 aromatic carbocycles. The number of methoxy groups -OCH3 is 1. The van der Waals surface area contributed by atoms with Crippen molar-refractivity contribution < 1.29 is 19.4 Å². The third kappa shape index (κ3) is 3.55. The van der Waals surface area contributed by atoms with Crippen LogP contribution >= 0.6 is 0 Å².